The molecule has 2 fully saturated rings. The molecular weight excluding hydrogens is 420 g/mol. The molecule has 0 spiro atoms. The highest BCUT2D eigenvalue weighted by atomic mass is 28.4. The van der Waals surface area contributed by atoms with Crippen molar-refractivity contribution in [2.24, 2.45) is 17.3 Å². The van der Waals surface area contributed by atoms with Crippen molar-refractivity contribution < 1.29 is 24.1 Å². The number of aliphatic hydroxyl groups excluding tert-OH is 2. The number of fused-ring (bicyclic) bond motifs is 4. The molecule has 0 amide bonds. The van der Waals surface area contributed by atoms with E-state index in [1.165, 1.54) is 0 Å². The van der Waals surface area contributed by atoms with Crippen LogP contribution in [0.3, 0.4) is 0 Å². The van der Waals surface area contributed by atoms with Gasteiger partial charge in [0.15, 0.2) is 8.32 Å². The summed E-state index contributed by atoms with van der Waals surface area (Å²) in [5.41, 5.74) is -0.891. The summed E-state index contributed by atoms with van der Waals surface area (Å²) in [6, 6.07) is 0. The Labute approximate surface area is 197 Å². The van der Waals surface area contributed by atoms with E-state index < -0.39 is 32.2 Å². The van der Waals surface area contributed by atoms with E-state index in [9.17, 15) is 10.2 Å². The lowest BCUT2D eigenvalue weighted by Gasteiger charge is -2.49. The van der Waals surface area contributed by atoms with Crippen LogP contribution in [0.1, 0.15) is 74.7 Å². The first-order valence-corrected chi connectivity index (χ1v) is 15.5. The standard InChI is InChI=1S/C26H48O5Si/c1-16-11-13-25(6,7)19-12-14-26(8,30-19)23(28)22-20(27)17(2)15-18(29-22)21(16)31-32(9,10)24(3,4)5/h11,13,16-23,27-28H,12,14-15H2,1-10H3/b13-11+/t16-,17+,18+,19-,20+,21-,22-,23+,26+/m0/s1. The van der Waals surface area contributed by atoms with Crippen LogP contribution in [0, 0.1) is 17.3 Å². The van der Waals surface area contributed by atoms with Crippen LogP contribution in [0.4, 0.5) is 0 Å². The highest BCUT2D eigenvalue weighted by Crippen LogP contribution is 2.46. The summed E-state index contributed by atoms with van der Waals surface area (Å²) in [5, 5.41) is 22.6. The van der Waals surface area contributed by atoms with E-state index in [4.69, 9.17) is 13.9 Å². The van der Waals surface area contributed by atoms with Gasteiger partial charge in [-0.2, -0.15) is 0 Å². The van der Waals surface area contributed by atoms with Crippen LogP contribution in [-0.4, -0.2) is 60.8 Å². The third kappa shape index (κ3) is 4.92. The monoisotopic (exact) mass is 468 g/mol. The summed E-state index contributed by atoms with van der Waals surface area (Å²) >= 11 is 0. The molecule has 2 saturated heterocycles. The van der Waals surface area contributed by atoms with Gasteiger partial charge in [-0.25, -0.2) is 0 Å². The Bertz CT molecular complexity index is 699. The maximum atomic E-state index is 11.5. The molecule has 0 aromatic carbocycles. The van der Waals surface area contributed by atoms with Crippen LogP contribution < -0.4 is 0 Å². The zero-order valence-electron chi connectivity index (χ0n) is 22.0. The van der Waals surface area contributed by atoms with E-state index in [-0.39, 0.29) is 40.6 Å². The van der Waals surface area contributed by atoms with E-state index in [0.29, 0.717) is 6.42 Å². The van der Waals surface area contributed by atoms with Crippen LogP contribution >= 0.6 is 0 Å². The SMILES string of the molecule is C[C@@H]1C[C@H]2O[C@@H]([C@@H]1O)[C@@H](O)[C@@]1(C)CC[C@H](O1)C(C)(C)/C=C/[C@H](C)[C@@H]2O[Si](C)(C)C(C)(C)C. The number of hydrogen-bond acceptors (Lipinski definition) is 5. The summed E-state index contributed by atoms with van der Waals surface area (Å²) in [4.78, 5) is 0. The Hall–Kier alpha value is -0.243. The Balaban J connectivity index is 2.05. The Morgan fingerprint density at radius 3 is 2.31 bits per heavy atom. The topological polar surface area (TPSA) is 68.2 Å². The molecule has 3 rings (SSSR count). The fraction of sp³-hybridized carbons (Fsp3) is 0.923. The van der Waals surface area contributed by atoms with Crippen LogP contribution in [0.15, 0.2) is 12.2 Å². The molecule has 32 heavy (non-hydrogen) atoms. The fourth-order valence-corrected chi connectivity index (χ4v) is 6.65. The zero-order valence-corrected chi connectivity index (χ0v) is 23.0. The molecule has 0 aromatic heterocycles. The van der Waals surface area contributed by atoms with Crippen molar-refractivity contribution >= 4 is 8.32 Å². The van der Waals surface area contributed by atoms with E-state index in [1.807, 2.05) is 6.92 Å². The number of rotatable bonds is 2. The summed E-state index contributed by atoms with van der Waals surface area (Å²) in [5.74, 6) is 0.149. The normalized spacial score (nSPS) is 46.2. The molecule has 9 atom stereocenters. The van der Waals surface area contributed by atoms with Crippen molar-refractivity contribution in [3.63, 3.8) is 0 Å². The summed E-state index contributed by atoms with van der Waals surface area (Å²) in [6.45, 7) is 22.0. The second-order valence-corrected chi connectivity index (χ2v) is 17.9. The molecule has 5 nitrogen and oxygen atoms in total. The molecule has 3 aliphatic rings. The summed E-state index contributed by atoms with van der Waals surface area (Å²) in [7, 11) is -2.07. The molecule has 0 aliphatic carbocycles. The minimum absolute atomic E-state index is 0.00952. The van der Waals surface area contributed by atoms with Crippen molar-refractivity contribution in [3.8, 4) is 0 Å². The van der Waals surface area contributed by atoms with Crippen LogP contribution in [0.5, 0.6) is 0 Å². The molecule has 0 radical (unpaired) electrons. The zero-order chi connectivity index (χ0) is 24.3. The maximum absolute atomic E-state index is 11.5. The van der Waals surface area contributed by atoms with Gasteiger partial charge in [-0.05, 0) is 50.2 Å². The second kappa shape index (κ2) is 8.76. The molecule has 0 aromatic rings. The lowest BCUT2D eigenvalue weighted by atomic mass is 9.80. The third-order valence-electron chi connectivity index (χ3n) is 8.89. The lowest BCUT2D eigenvalue weighted by molar-refractivity contribution is -0.240. The van der Waals surface area contributed by atoms with Crippen molar-refractivity contribution in [2.75, 3.05) is 0 Å². The fourth-order valence-electron chi connectivity index (χ4n) is 5.25. The number of hydrogen-bond donors (Lipinski definition) is 2. The third-order valence-corrected chi connectivity index (χ3v) is 13.4. The van der Waals surface area contributed by atoms with Crippen molar-refractivity contribution in [3.05, 3.63) is 12.2 Å². The molecule has 186 valence electrons. The van der Waals surface area contributed by atoms with Crippen LogP contribution in [0.2, 0.25) is 18.1 Å². The highest BCUT2D eigenvalue weighted by Gasteiger charge is 2.54. The van der Waals surface area contributed by atoms with E-state index in [0.717, 1.165) is 12.8 Å². The van der Waals surface area contributed by atoms with E-state index >= 15 is 0 Å². The molecule has 3 heterocycles. The van der Waals surface area contributed by atoms with Gasteiger partial charge in [-0.15, -0.1) is 0 Å². The number of aliphatic hydroxyl groups is 2. The molecule has 3 aliphatic heterocycles. The minimum Gasteiger partial charge on any atom is -0.411 e. The minimum atomic E-state index is -2.07. The Morgan fingerprint density at radius 1 is 1.09 bits per heavy atom. The molecule has 4 bridgehead atoms. The first kappa shape index (κ1) is 26.4. The average Bonchev–Trinajstić information content (AvgIpc) is 3.09. The van der Waals surface area contributed by atoms with Gasteiger partial charge in [-0.3, -0.25) is 0 Å². The Kier molecular flexibility index (Phi) is 7.22. The van der Waals surface area contributed by atoms with E-state index in [1.54, 1.807) is 0 Å². The van der Waals surface area contributed by atoms with Gasteiger partial charge in [0.25, 0.3) is 0 Å². The summed E-state index contributed by atoms with van der Waals surface area (Å²) < 4.78 is 20.0. The summed E-state index contributed by atoms with van der Waals surface area (Å²) in [6.07, 6.45) is 4.30. The molecule has 0 unspecified atom stereocenters. The van der Waals surface area contributed by atoms with E-state index in [2.05, 4.69) is 73.7 Å². The smallest absolute Gasteiger partial charge is 0.192 e. The predicted molar refractivity (Wildman–Crippen MR) is 131 cm³/mol. The highest BCUT2D eigenvalue weighted by molar-refractivity contribution is 6.74. The maximum Gasteiger partial charge on any atom is 0.192 e. The quantitative estimate of drug-likeness (QED) is 0.438. The van der Waals surface area contributed by atoms with Gasteiger partial charge in [0, 0.05) is 11.3 Å². The average molecular weight is 469 g/mol. The van der Waals surface area contributed by atoms with Gasteiger partial charge >= 0.3 is 0 Å². The number of ether oxygens (including phenoxy) is 2. The van der Waals surface area contributed by atoms with Gasteiger partial charge in [0.2, 0.25) is 0 Å². The van der Waals surface area contributed by atoms with Crippen LogP contribution in [-0.2, 0) is 13.9 Å². The van der Waals surface area contributed by atoms with Crippen molar-refractivity contribution in [1.82, 2.24) is 0 Å². The largest absolute Gasteiger partial charge is 0.411 e. The van der Waals surface area contributed by atoms with Gasteiger partial charge in [-0.1, -0.05) is 60.6 Å². The first-order chi connectivity index (χ1) is 14.5. The van der Waals surface area contributed by atoms with Gasteiger partial charge in [0.05, 0.1) is 30.0 Å². The molecular formula is C26H48O5Si. The first-order valence-electron chi connectivity index (χ1n) is 12.5. The molecule has 2 N–H and O–H groups in total. The molecule has 6 heteroatoms. The Morgan fingerprint density at radius 2 is 1.72 bits per heavy atom. The molecule has 0 saturated carbocycles. The lowest BCUT2D eigenvalue weighted by Crippen LogP contribution is -2.60. The second-order valence-electron chi connectivity index (χ2n) is 13.1. The van der Waals surface area contributed by atoms with Crippen molar-refractivity contribution in [2.45, 2.75) is 135 Å². The van der Waals surface area contributed by atoms with Crippen LogP contribution in [0.25, 0.3) is 0 Å². The van der Waals surface area contributed by atoms with Crippen molar-refractivity contribution in [1.29, 1.82) is 0 Å². The predicted octanol–water partition coefficient (Wildman–Crippen LogP) is 5.06. The van der Waals surface area contributed by atoms with Gasteiger partial charge in [0.1, 0.15) is 12.2 Å². The van der Waals surface area contributed by atoms with Gasteiger partial charge < -0.3 is 24.1 Å².